The number of likely N-dealkylation sites (N-methyl/N-ethyl adjacent to an activating group) is 1. The van der Waals surface area contributed by atoms with Crippen molar-refractivity contribution in [2.24, 2.45) is 4.99 Å². The summed E-state index contributed by atoms with van der Waals surface area (Å²) in [4.78, 5) is 20.7. The Labute approximate surface area is 141 Å². The summed E-state index contributed by atoms with van der Waals surface area (Å²) in [6.07, 6.45) is -2.57. The smallest absolute Gasteiger partial charge is 0.353 e. The molecule has 1 unspecified atom stereocenters. The number of alkyl halides is 3. The minimum Gasteiger partial charge on any atom is -0.353 e. The summed E-state index contributed by atoms with van der Waals surface area (Å²) in [6, 6.07) is -1.46. The molecule has 1 heterocycles. The highest BCUT2D eigenvalue weighted by Crippen LogP contribution is 2.25. The van der Waals surface area contributed by atoms with Gasteiger partial charge in [-0.25, -0.2) is 4.99 Å². The van der Waals surface area contributed by atoms with Gasteiger partial charge in [0, 0.05) is 46.8 Å². The molecule has 0 aromatic rings. The van der Waals surface area contributed by atoms with E-state index in [9.17, 15) is 18.0 Å². The van der Waals surface area contributed by atoms with Crippen LogP contribution >= 0.6 is 0 Å². The first-order valence-corrected chi connectivity index (χ1v) is 7.82. The van der Waals surface area contributed by atoms with E-state index >= 15 is 0 Å². The molecule has 9 heteroatoms. The highest BCUT2D eigenvalue weighted by Gasteiger charge is 2.41. The second-order valence-electron chi connectivity index (χ2n) is 5.84. The third-order valence-corrected chi connectivity index (χ3v) is 3.90. The molecule has 0 aromatic heterocycles. The molecule has 0 saturated carbocycles. The van der Waals surface area contributed by atoms with Crippen LogP contribution < -0.4 is 5.32 Å². The molecule has 1 N–H and O–H groups in total. The van der Waals surface area contributed by atoms with E-state index < -0.39 is 12.2 Å². The summed E-state index contributed by atoms with van der Waals surface area (Å²) in [5.41, 5.74) is 0. The second kappa shape index (κ2) is 8.91. The first kappa shape index (κ1) is 20.3. The van der Waals surface area contributed by atoms with E-state index in [4.69, 9.17) is 0 Å². The molecule has 1 aliphatic heterocycles. The lowest BCUT2D eigenvalue weighted by atomic mass is 10.2. The van der Waals surface area contributed by atoms with Crippen LogP contribution in [-0.4, -0.2) is 92.1 Å². The summed E-state index contributed by atoms with van der Waals surface area (Å²) in [5, 5.41) is 3.05. The topological polar surface area (TPSA) is 51.2 Å². The van der Waals surface area contributed by atoms with Crippen LogP contribution in [0.1, 0.15) is 6.92 Å². The first-order chi connectivity index (χ1) is 11.2. The fraction of sp³-hybridized carbons (Fsp3) is 0.733. The zero-order chi connectivity index (χ0) is 18.3. The van der Waals surface area contributed by atoms with Gasteiger partial charge >= 0.3 is 6.18 Å². The molecule has 6 nitrogen and oxygen atoms in total. The van der Waals surface area contributed by atoms with Crippen molar-refractivity contribution in [2.45, 2.75) is 19.1 Å². The third kappa shape index (κ3) is 6.03. The quantitative estimate of drug-likeness (QED) is 0.453. The van der Waals surface area contributed by atoms with E-state index in [2.05, 4.69) is 16.9 Å². The molecule has 1 rings (SSSR count). The number of amides is 1. The Balaban J connectivity index is 2.68. The molecule has 1 saturated heterocycles. The molecule has 0 aromatic carbocycles. The van der Waals surface area contributed by atoms with Gasteiger partial charge in [0.2, 0.25) is 5.91 Å². The van der Waals surface area contributed by atoms with E-state index in [1.165, 1.54) is 16.7 Å². The number of rotatable bonds is 5. The zero-order valence-electron chi connectivity index (χ0n) is 14.4. The Morgan fingerprint density at radius 2 is 1.92 bits per heavy atom. The predicted molar refractivity (Wildman–Crippen MR) is 87.9 cm³/mol. The second-order valence-corrected chi connectivity index (χ2v) is 5.84. The van der Waals surface area contributed by atoms with E-state index in [-0.39, 0.29) is 25.5 Å². The number of piperazine rings is 1. The summed E-state index contributed by atoms with van der Waals surface area (Å²) in [5.74, 6) is 0.377. The van der Waals surface area contributed by atoms with Gasteiger partial charge in [-0.2, -0.15) is 13.2 Å². The Bertz CT molecular complexity index is 457. The molecule has 0 spiro atoms. The summed E-state index contributed by atoms with van der Waals surface area (Å²) in [6.45, 7) is 6.66. The van der Waals surface area contributed by atoms with Crippen molar-refractivity contribution in [3.63, 3.8) is 0 Å². The van der Waals surface area contributed by atoms with Crippen LogP contribution in [-0.2, 0) is 4.79 Å². The van der Waals surface area contributed by atoms with Crippen LogP contribution in [0, 0.1) is 0 Å². The van der Waals surface area contributed by atoms with Gasteiger partial charge in [-0.15, -0.1) is 6.58 Å². The van der Waals surface area contributed by atoms with Crippen LogP contribution in [0.2, 0.25) is 0 Å². The number of aliphatic imine (C=N–C) groups is 1. The normalized spacial score (nSPS) is 18.2. The van der Waals surface area contributed by atoms with Gasteiger partial charge in [-0.3, -0.25) is 9.69 Å². The number of hydrogen-bond acceptors (Lipinski definition) is 3. The van der Waals surface area contributed by atoms with Crippen molar-refractivity contribution in [3.8, 4) is 0 Å². The standard InChI is InChI=1S/C15H26F3N5O/c1-5-6-19-14(20-11-13(24)21(3)4)23-9-7-22(8-10-23)12(2)15(16,17)18/h5,12H,1,6-11H2,2-4H3,(H,19,20). The molecular formula is C15H26F3N5O. The molecule has 1 atom stereocenters. The van der Waals surface area contributed by atoms with Crippen molar-refractivity contribution < 1.29 is 18.0 Å². The van der Waals surface area contributed by atoms with E-state index in [1.807, 2.05) is 4.90 Å². The number of nitrogens with zero attached hydrogens (tertiary/aromatic N) is 4. The van der Waals surface area contributed by atoms with E-state index in [0.717, 1.165) is 0 Å². The number of carbonyl (C=O) groups is 1. The molecule has 24 heavy (non-hydrogen) atoms. The van der Waals surface area contributed by atoms with Crippen molar-refractivity contribution in [1.82, 2.24) is 20.0 Å². The van der Waals surface area contributed by atoms with E-state index in [0.29, 0.717) is 25.6 Å². The number of nitrogens with one attached hydrogen (secondary N) is 1. The SMILES string of the molecule is C=CCNC(=NCC(=O)N(C)C)N1CCN(C(C)C(F)(F)F)CC1. The first-order valence-electron chi connectivity index (χ1n) is 7.82. The lowest BCUT2D eigenvalue weighted by molar-refractivity contribution is -0.181. The van der Waals surface area contributed by atoms with Crippen molar-refractivity contribution in [3.05, 3.63) is 12.7 Å². The van der Waals surface area contributed by atoms with Crippen molar-refractivity contribution in [2.75, 3.05) is 53.4 Å². The highest BCUT2D eigenvalue weighted by molar-refractivity contribution is 5.85. The van der Waals surface area contributed by atoms with Gasteiger partial charge in [-0.05, 0) is 6.92 Å². The molecule has 1 aliphatic rings. The number of hydrogen-bond donors (Lipinski definition) is 1. The van der Waals surface area contributed by atoms with E-state index in [1.54, 1.807) is 20.2 Å². The maximum Gasteiger partial charge on any atom is 0.403 e. The maximum absolute atomic E-state index is 12.8. The van der Waals surface area contributed by atoms with Gasteiger partial charge in [0.1, 0.15) is 12.6 Å². The molecule has 1 fully saturated rings. The van der Waals surface area contributed by atoms with Crippen LogP contribution in [0.25, 0.3) is 0 Å². The lowest BCUT2D eigenvalue weighted by Gasteiger charge is -2.39. The fourth-order valence-corrected chi connectivity index (χ4v) is 2.24. The van der Waals surface area contributed by atoms with Crippen LogP contribution in [0.15, 0.2) is 17.6 Å². The van der Waals surface area contributed by atoms with Gasteiger partial charge in [0.05, 0.1) is 0 Å². The van der Waals surface area contributed by atoms with Crippen molar-refractivity contribution >= 4 is 11.9 Å². The third-order valence-electron chi connectivity index (χ3n) is 3.90. The highest BCUT2D eigenvalue weighted by atomic mass is 19.4. The fourth-order valence-electron chi connectivity index (χ4n) is 2.24. The zero-order valence-corrected chi connectivity index (χ0v) is 14.4. The van der Waals surface area contributed by atoms with Crippen LogP contribution in [0.5, 0.6) is 0 Å². The molecule has 0 aliphatic carbocycles. The largest absolute Gasteiger partial charge is 0.403 e. The average Bonchev–Trinajstić information content (AvgIpc) is 2.53. The molecule has 0 radical (unpaired) electrons. The molecule has 0 bridgehead atoms. The predicted octanol–water partition coefficient (Wildman–Crippen LogP) is 0.775. The van der Waals surface area contributed by atoms with Gasteiger partial charge < -0.3 is 15.1 Å². The summed E-state index contributed by atoms with van der Waals surface area (Å²) < 4.78 is 38.4. The van der Waals surface area contributed by atoms with Crippen LogP contribution in [0.3, 0.4) is 0 Å². The number of carbonyl (C=O) groups excluding carboxylic acids is 1. The number of guanidine groups is 1. The monoisotopic (exact) mass is 349 g/mol. The van der Waals surface area contributed by atoms with Gasteiger partial charge in [0.25, 0.3) is 0 Å². The summed E-state index contributed by atoms with van der Waals surface area (Å²) >= 11 is 0. The minimum absolute atomic E-state index is 0.00829. The Kier molecular flexibility index (Phi) is 7.53. The molecular weight excluding hydrogens is 323 g/mol. The van der Waals surface area contributed by atoms with Gasteiger partial charge in [0.15, 0.2) is 5.96 Å². The Morgan fingerprint density at radius 3 is 2.38 bits per heavy atom. The summed E-state index contributed by atoms with van der Waals surface area (Å²) in [7, 11) is 3.29. The van der Waals surface area contributed by atoms with Gasteiger partial charge in [-0.1, -0.05) is 6.08 Å². The average molecular weight is 349 g/mol. The lowest BCUT2D eigenvalue weighted by Crippen LogP contribution is -2.56. The Morgan fingerprint density at radius 1 is 1.33 bits per heavy atom. The van der Waals surface area contributed by atoms with Crippen molar-refractivity contribution in [1.29, 1.82) is 0 Å². The van der Waals surface area contributed by atoms with Crippen LogP contribution in [0.4, 0.5) is 13.2 Å². The molecule has 138 valence electrons. The minimum atomic E-state index is -4.22. The number of halogens is 3. The maximum atomic E-state index is 12.8. The molecule has 1 amide bonds. The Hall–Kier alpha value is -1.77.